The lowest BCUT2D eigenvalue weighted by Gasteiger charge is -2.44. The van der Waals surface area contributed by atoms with E-state index in [1.54, 1.807) is 0 Å². The van der Waals surface area contributed by atoms with E-state index in [1.807, 2.05) is 4.90 Å². The summed E-state index contributed by atoms with van der Waals surface area (Å²) in [6.45, 7) is 0.690. The van der Waals surface area contributed by atoms with Crippen LogP contribution in [0.3, 0.4) is 0 Å². The number of fused-ring (bicyclic) bond motifs is 1. The number of piperidine rings is 1. The fraction of sp³-hybridized carbons (Fsp3) is 0.611. The molecule has 1 heterocycles. The number of halogens is 3. The zero-order chi connectivity index (χ0) is 19.6. The fourth-order valence-corrected chi connectivity index (χ4v) is 5.01. The van der Waals surface area contributed by atoms with Crippen molar-refractivity contribution in [3.63, 3.8) is 0 Å². The number of nitro benzene ring substituents is 1. The molecule has 1 amide bonds. The number of carbonyl (C=O) groups is 1. The molecule has 0 aromatic heterocycles. The van der Waals surface area contributed by atoms with Gasteiger partial charge in [-0.15, -0.1) is 11.8 Å². The lowest BCUT2D eigenvalue weighted by Crippen LogP contribution is -2.50. The summed E-state index contributed by atoms with van der Waals surface area (Å²) in [7, 11) is 0. The van der Waals surface area contributed by atoms with Crippen molar-refractivity contribution in [3.8, 4) is 0 Å². The third-order valence-electron chi connectivity index (χ3n) is 5.40. The number of likely N-dealkylation sites (tertiary alicyclic amines) is 1. The number of nitro groups is 1. The maximum Gasteiger partial charge on any atom is 0.416 e. The lowest BCUT2D eigenvalue weighted by atomic mass is 9.78. The fourth-order valence-electron chi connectivity index (χ4n) is 4.12. The van der Waals surface area contributed by atoms with E-state index < -0.39 is 22.4 Å². The van der Waals surface area contributed by atoms with Crippen LogP contribution < -0.4 is 0 Å². The van der Waals surface area contributed by atoms with E-state index in [4.69, 9.17) is 0 Å². The van der Waals surface area contributed by atoms with Crippen LogP contribution in [-0.4, -0.2) is 34.1 Å². The first-order valence-corrected chi connectivity index (χ1v) is 10.0. The van der Waals surface area contributed by atoms with Crippen molar-refractivity contribution < 1.29 is 22.9 Å². The molecule has 5 nitrogen and oxygen atoms in total. The molecular formula is C18H21F3N2O3S. The number of alkyl halides is 3. The van der Waals surface area contributed by atoms with Gasteiger partial charge in [0.15, 0.2) is 0 Å². The second kappa shape index (κ2) is 8.08. The Kier molecular flexibility index (Phi) is 5.98. The Bertz CT molecular complexity index is 724. The van der Waals surface area contributed by atoms with Crippen LogP contribution in [0.1, 0.15) is 44.1 Å². The van der Waals surface area contributed by atoms with Crippen molar-refractivity contribution in [3.05, 3.63) is 33.9 Å². The number of hydrogen-bond acceptors (Lipinski definition) is 4. The number of rotatable bonds is 4. The van der Waals surface area contributed by atoms with Crippen LogP contribution in [0.25, 0.3) is 0 Å². The van der Waals surface area contributed by atoms with Crippen LogP contribution in [0.5, 0.6) is 0 Å². The molecule has 2 atom stereocenters. The molecule has 2 unspecified atom stereocenters. The molecule has 148 valence electrons. The standard InChI is InChI=1S/C18H21F3N2O3S/c19-18(20,21)13-7-8-16(15(10-13)23(25)26)27-11-17(24)22-9-3-5-12-4-1-2-6-14(12)22/h7-8,10,12,14H,1-6,9,11H2. The number of hydrogen-bond donors (Lipinski definition) is 0. The maximum atomic E-state index is 12.8. The van der Waals surface area contributed by atoms with Crippen molar-refractivity contribution in [1.82, 2.24) is 4.90 Å². The molecule has 3 rings (SSSR count). The smallest absolute Gasteiger partial charge is 0.339 e. The van der Waals surface area contributed by atoms with Crippen molar-refractivity contribution in [2.75, 3.05) is 12.3 Å². The molecule has 1 saturated carbocycles. The van der Waals surface area contributed by atoms with Gasteiger partial charge >= 0.3 is 6.18 Å². The van der Waals surface area contributed by atoms with Crippen LogP contribution in [0.15, 0.2) is 23.1 Å². The molecule has 9 heteroatoms. The minimum Gasteiger partial charge on any atom is -0.339 e. The molecule has 1 saturated heterocycles. The third kappa shape index (κ3) is 4.56. The summed E-state index contributed by atoms with van der Waals surface area (Å²) in [5.41, 5.74) is -1.68. The highest BCUT2D eigenvalue weighted by Crippen LogP contribution is 2.38. The first kappa shape index (κ1) is 20.0. The number of benzene rings is 1. The van der Waals surface area contributed by atoms with E-state index in [1.165, 1.54) is 6.42 Å². The Labute approximate surface area is 159 Å². The predicted molar refractivity (Wildman–Crippen MR) is 95.5 cm³/mol. The average molecular weight is 402 g/mol. The second-order valence-corrected chi connectivity index (χ2v) is 8.08. The van der Waals surface area contributed by atoms with Gasteiger partial charge in [0.1, 0.15) is 0 Å². The molecule has 2 fully saturated rings. The van der Waals surface area contributed by atoms with Crippen LogP contribution in [0, 0.1) is 16.0 Å². The average Bonchev–Trinajstić information content (AvgIpc) is 2.64. The third-order valence-corrected chi connectivity index (χ3v) is 6.45. The minimum absolute atomic E-state index is 0.00454. The molecule has 2 aliphatic rings. The highest BCUT2D eigenvalue weighted by atomic mass is 32.2. The first-order valence-electron chi connectivity index (χ1n) is 9.05. The molecule has 0 N–H and O–H groups in total. The Morgan fingerprint density at radius 3 is 2.63 bits per heavy atom. The molecule has 27 heavy (non-hydrogen) atoms. The van der Waals surface area contributed by atoms with Gasteiger partial charge in [-0.25, -0.2) is 0 Å². The van der Waals surface area contributed by atoms with Crippen molar-refractivity contribution in [1.29, 1.82) is 0 Å². The molecule has 0 bridgehead atoms. The number of thioether (sulfide) groups is 1. The van der Waals surface area contributed by atoms with E-state index in [2.05, 4.69) is 0 Å². The van der Waals surface area contributed by atoms with Gasteiger partial charge in [-0.05, 0) is 43.7 Å². The Balaban J connectivity index is 1.70. The molecule has 1 aliphatic heterocycles. The van der Waals surface area contributed by atoms with Gasteiger partial charge in [0.25, 0.3) is 5.69 Å². The summed E-state index contributed by atoms with van der Waals surface area (Å²) >= 11 is 0.936. The van der Waals surface area contributed by atoms with Gasteiger partial charge in [0.2, 0.25) is 5.91 Å². The topological polar surface area (TPSA) is 63.4 Å². The highest BCUT2D eigenvalue weighted by Gasteiger charge is 2.36. The summed E-state index contributed by atoms with van der Waals surface area (Å²) in [4.78, 5) is 25.0. The van der Waals surface area contributed by atoms with Gasteiger partial charge in [-0.3, -0.25) is 14.9 Å². The van der Waals surface area contributed by atoms with E-state index in [-0.39, 0.29) is 22.6 Å². The van der Waals surface area contributed by atoms with Gasteiger partial charge in [-0.2, -0.15) is 13.2 Å². The van der Waals surface area contributed by atoms with E-state index in [0.29, 0.717) is 18.5 Å². The molecule has 1 aliphatic carbocycles. The van der Waals surface area contributed by atoms with Crippen molar-refractivity contribution >= 4 is 23.4 Å². The minimum atomic E-state index is -4.65. The van der Waals surface area contributed by atoms with Crippen LogP contribution in [0.4, 0.5) is 18.9 Å². The van der Waals surface area contributed by atoms with Gasteiger partial charge < -0.3 is 4.90 Å². The summed E-state index contributed by atoms with van der Waals surface area (Å²) in [5.74, 6) is 0.433. The summed E-state index contributed by atoms with van der Waals surface area (Å²) in [6.07, 6.45) is 1.85. The van der Waals surface area contributed by atoms with Gasteiger partial charge in [0.05, 0.1) is 21.1 Å². The lowest BCUT2D eigenvalue weighted by molar-refractivity contribution is -0.388. The number of nitrogens with zero attached hydrogens (tertiary/aromatic N) is 2. The molecule has 0 radical (unpaired) electrons. The molecule has 0 spiro atoms. The largest absolute Gasteiger partial charge is 0.416 e. The first-order chi connectivity index (χ1) is 12.8. The maximum absolute atomic E-state index is 12.8. The van der Waals surface area contributed by atoms with Crippen molar-refractivity contribution in [2.24, 2.45) is 5.92 Å². The monoisotopic (exact) mass is 402 g/mol. The number of carbonyl (C=O) groups excluding carboxylic acids is 1. The van der Waals surface area contributed by atoms with Crippen LogP contribution in [-0.2, 0) is 11.0 Å². The normalized spacial score (nSPS) is 23.0. The summed E-state index contributed by atoms with van der Waals surface area (Å²) < 4.78 is 38.4. The van der Waals surface area contributed by atoms with E-state index in [0.717, 1.165) is 56.0 Å². The Morgan fingerprint density at radius 1 is 1.22 bits per heavy atom. The highest BCUT2D eigenvalue weighted by molar-refractivity contribution is 8.00. The van der Waals surface area contributed by atoms with E-state index >= 15 is 0 Å². The Hall–Kier alpha value is -1.77. The number of amides is 1. The molecular weight excluding hydrogens is 381 g/mol. The molecule has 1 aromatic rings. The molecule has 1 aromatic carbocycles. The van der Waals surface area contributed by atoms with E-state index in [9.17, 15) is 28.1 Å². The zero-order valence-corrected chi connectivity index (χ0v) is 15.5. The predicted octanol–water partition coefficient (Wildman–Crippen LogP) is 4.89. The second-order valence-electron chi connectivity index (χ2n) is 7.07. The zero-order valence-electron chi connectivity index (χ0n) is 14.7. The van der Waals surface area contributed by atoms with Gasteiger partial charge in [0, 0.05) is 18.7 Å². The quantitative estimate of drug-likeness (QED) is 0.409. The van der Waals surface area contributed by atoms with Crippen LogP contribution in [0.2, 0.25) is 0 Å². The van der Waals surface area contributed by atoms with Crippen LogP contribution >= 0.6 is 11.8 Å². The SMILES string of the molecule is O=C(CSc1ccc(C(F)(F)F)cc1[N+](=O)[O-])N1CCCC2CCCCC21. The Morgan fingerprint density at radius 2 is 1.93 bits per heavy atom. The van der Waals surface area contributed by atoms with Gasteiger partial charge in [-0.1, -0.05) is 12.8 Å². The summed E-state index contributed by atoms with van der Waals surface area (Å²) in [5, 5.41) is 11.2. The summed E-state index contributed by atoms with van der Waals surface area (Å²) in [6, 6.07) is 2.67. The van der Waals surface area contributed by atoms with Crippen molar-refractivity contribution in [2.45, 2.75) is 55.6 Å².